The maximum absolute atomic E-state index is 13.9. The van der Waals surface area contributed by atoms with Gasteiger partial charge in [0.15, 0.2) is 22.9 Å². The van der Waals surface area contributed by atoms with Gasteiger partial charge in [-0.15, -0.1) is 0 Å². The minimum atomic E-state index is -1.61. The van der Waals surface area contributed by atoms with Crippen molar-refractivity contribution in [2.24, 2.45) is 0 Å². The molecule has 0 saturated carbocycles. The summed E-state index contributed by atoms with van der Waals surface area (Å²) in [6, 6.07) is 6.06. The van der Waals surface area contributed by atoms with Gasteiger partial charge in [-0.1, -0.05) is 11.6 Å². The third-order valence-corrected chi connectivity index (χ3v) is 8.43. The first-order valence-corrected chi connectivity index (χ1v) is 13.9. The van der Waals surface area contributed by atoms with Crippen molar-refractivity contribution in [2.75, 3.05) is 26.9 Å². The molecule has 11 nitrogen and oxygen atoms in total. The first-order chi connectivity index (χ1) is 20.0. The summed E-state index contributed by atoms with van der Waals surface area (Å²) in [4.78, 5) is 51.5. The Morgan fingerprint density at radius 2 is 1.69 bits per heavy atom. The maximum Gasteiger partial charge on any atom is 0.308 e. The van der Waals surface area contributed by atoms with Crippen LogP contribution in [0.3, 0.4) is 0 Å². The largest absolute Gasteiger partial charge is 0.459 e. The number of epoxide rings is 1. The molecule has 0 N–H and O–H groups in total. The molecule has 222 valence electrons. The Balaban J connectivity index is 1.46. The minimum absolute atomic E-state index is 0.0211. The standard InChI is InChI=1S/C30H29ClO11/c1-14-10-19-20(26(35)24-17(25(19)34)6-7-21(31)27(24)41-16(3)33)11-18(14)22-12-23(40-15(2)32)29(13-39-29)30(36-4,42-22)28-37-8-5-9-38-28/h6-7,10-11,22-23,28H,5,8-9,12-13H2,1-4H3/t22?,23-,29-,30?/m0/s1. The van der Waals surface area contributed by atoms with Crippen molar-refractivity contribution in [2.45, 2.75) is 63.5 Å². The van der Waals surface area contributed by atoms with Crippen LogP contribution >= 0.6 is 11.6 Å². The van der Waals surface area contributed by atoms with Crippen molar-refractivity contribution >= 4 is 35.1 Å². The number of benzene rings is 2. The summed E-state index contributed by atoms with van der Waals surface area (Å²) >= 11 is 6.28. The highest BCUT2D eigenvalue weighted by Crippen LogP contribution is 2.56. The highest BCUT2D eigenvalue weighted by atomic mass is 35.5. The molecular weight excluding hydrogens is 572 g/mol. The van der Waals surface area contributed by atoms with E-state index >= 15 is 0 Å². The van der Waals surface area contributed by atoms with E-state index in [0.717, 1.165) is 0 Å². The zero-order chi connectivity index (χ0) is 30.0. The monoisotopic (exact) mass is 600 g/mol. The fourth-order valence-corrected chi connectivity index (χ4v) is 6.39. The number of carbonyl (C=O) groups is 4. The van der Waals surface area contributed by atoms with Gasteiger partial charge in [0.2, 0.25) is 6.29 Å². The maximum atomic E-state index is 13.9. The van der Waals surface area contributed by atoms with E-state index < -0.39 is 53.4 Å². The van der Waals surface area contributed by atoms with Crippen LogP contribution in [0.1, 0.15) is 75.8 Å². The topological polar surface area (TPSA) is 136 Å². The molecule has 1 spiro atoms. The van der Waals surface area contributed by atoms with E-state index in [1.807, 2.05) is 0 Å². The van der Waals surface area contributed by atoms with Gasteiger partial charge in [-0.25, -0.2) is 0 Å². The normalized spacial score (nSPS) is 28.7. The third kappa shape index (κ3) is 4.38. The predicted octanol–water partition coefficient (Wildman–Crippen LogP) is 3.62. The van der Waals surface area contributed by atoms with Crippen LogP contribution in [-0.4, -0.2) is 74.2 Å². The molecule has 1 aliphatic carbocycles. The number of hydrogen-bond acceptors (Lipinski definition) is 11. The average molecular weight is 601 g/mol. The molecule has 3 heterocycles. The van der Waals surface area contributed by atoms with Crippen molar-refractivity contribution in [3.8, 4) is 5.75 Å². The van der Waals surface area contributed by atoms with Gasteiger partial charge in [-0.05, 0) is 48.7 Å². The van der Waals surface area contributed by atoms with Crippen LogP contribution in [0.2, 0.25) is 5.02 Å². The van der Waals surface area contributed by atoms with Gasteiger partial charge in [0.05, 0.1) is 36.5 Å². The molecule has 0 bridgehead atoms. The number of halogens is 1. The highest BCUT2D eigenvalue weighted by molar-refractivity contribution is 6.36. The first kappa shape index (κ1) is 28.9. The van der Waals surface area contributed by atoms with E-state index in [0.29, 0.717) is 30.8 Å². The molecule has 2 aromatic rings. The lowest BCUT2D eigenvalue weighted by molar-refractivity contribution is -0.411. The van der Waals surface area contributed by atoms with Crippen molar-refractivity contribution in [1.82, 2.24) is 0 Å². The van der Waals surface area contributed by atoms with Gasteiger partial charge in [0, 0.05) is 44.1 Å². The number of hydrogen-bond donors (Lipinski definition) is 0. The van der Waals surface area contributed by atoms with Crippen LogP contribution in [0, 0.1) is 6.92 Å². The number of fused-ring (bicyclic) bond motifs is 2. The second kappa shape index (κ2) is 10.5. The molecule has 0 aromatic heterocycles. The Labute approximate surface area is 246 Å². The summed E-state index contributed by atoms with van der Waals surface area (Å²) in [6.07, 6.45) is -1.73. The Bertz CT molecular complexity index is 1510. The van der Waals surface area contributed by atoms with E-state index in [4.69, 9.17) is 44.8 Å². The number of carbonyl (C=O) groups excluding carboxylic acids is 4. The van der Waals surface area contributed by atoms with Gasteiger partial charge in [0.1, 0.15) is 6.10 Å². The molecule has 3 aliphatic heterocycles. The lowest BCUT2D eigenvalue weighted by Crippen LogP contribution is -2.68. The molecule has 2 aromatic carbocycles. The van der Waals surface area contributed by atoms with Gasteiger partial charge in [0.25, 0.3) is 5.79 Å². The zero-order valence-corrected chi connectivity index (χ0v) is 24.2. The van der Waals surface area contributed by atoms with Crippen LogP contribution in [0.25, 0.3) is 0 Å². The Morgan fingerprint density at radius 3 is 2.31 bits per heavy atom. The molecule has 12 heteroatoms. The summed E-state index contributed by atoms with van der Waals surface area (Å²) in [5.41, 5.74) is 0.314. The number of esters is 2. The molecule has 2 unspecified atom stereocenters. The molecule has 42 heavy (non-hydrogen) atoms. The van der Waals surface area contributed by atoms with Gasteiger partial charge < -0.3 is 33.2 Å². The fraction of sp³-hybridized carbons (Fsp3) is 0.467. The lowest BCUT2D eigenvalue weighted by atomic mass is 9.79. The molecule has 0 radical (unpaired) electrons. The number of ether oxygens (including phenoxy) is 7. The van der Waals surface area contributed by atoms with Crippen LogP contribution in [0.4, 0.5) is 0 Å². The van der Waals surface area contributed by atoms with Crippen LogP contribution in [-0.2, 0) is 38.0 Å². The van der Waals surface area contributed by atoms with Crippen LogP contribution in [0.5, 0.6) is 5.75 Å². The van der Waals surface area contributed by atoms with E-state index in [9.17, 15) is 19.2 Å². The van der Waals surface area contributed by atoms with Gasteiger partial charge in [-0.3, -0.25) is 19.2 Å². The van der Waals surface area contributed by atoms with Crippen LogP contribution in [0.15, 0.2) is 24.3 Å². The molecule has 4 atom stereocenters. The first-order valence-electron chi connectivity index (χ1n) is 13.5. The molecule has 6 rings (SSSR count). The summed E-state index contributed by atoms with van der Waals surface area (Å²) < 4.78 is 41.4. The number of aryl methyl sites for hydroxylation is 1. The smallest absolute Gasteiger partial charge is 0.308 e. The molecule has 0 amide bonds. The molecule has 3 saturated heterocycles. The minimum Gasteiger partial charge on any atom is -0.459 e. The second-order valence-electron chi connectivity index (χ2n) is 10.7. The zero-order valence-electron chi connectivity index (χ0n) is 23.4. The molecule has 4 aliphatic rings. The Morgan fingerprint density at radius 1 is 1.00 bits per heavy atom. The average Bonchev–Trinajstić information content (AvgIpc) is 3.76. The summed E-state index contributed by atoms with van der Waals surface area (Å²) in [5, 5.41) is 0.0211. The highest BCUT2D eigenvalue weighted by Gasteiger charge is 2.76. The van der Waals surface area contributed by atoms with Crippen molar-refractivity contribution in [3.63, 3.8) is 0 Å². The number of rotatable bonds is 5. The summed E-state index contributed by atoms with van der Waals surface area (Å²) in [5.74, 6) is -3.93. The quantitative estimate of drug-likeness (QED) is 0.241. The van der Waals surface area contributed by atoms with Crippen molar-refractivity contribution in [1.29, 1.82) is 0 Å². The molecular formula is C30H29ClO11. The van der Waals surface area contributed by atoms with E-state index in [-0.39, 0.29) is 46.1 Å². The number of ketones is 2. The fourth-order valence-electron chi connectivity index (χ4n) is 6.19. The van der Waals surface area contributed by atoms with Gasteiger partial charge >= 0.3 is 11.9 Å². The van der Waals surface area contributed by atoms with E-state index in [1.165, 1.54) is 33.1 Å². The third-order valence-electron chi connectivity index (χ3n) is 8.13. The second-order valence-corrected chi connectivity index (χ2v) is 11.1. The van der Waals surface area contributed by atoms with Crippen LogP contribution < -0.4 is 4.74 Å². The van der Waals surface area contributed by atoms with Crippen molar-refractivity contribution < 1.29 is 52.3 Å². The van der Waals surface area contributed by atoms with Crippen molar-refractivity contribution in [3.05, 3.63) is 62.7 Å². The SMILES string of the molecule is COC1(C2OCCCO2)OC(c2cc3c(cc2C)C(=O)c2ccc(Cl)c(OC(C)=O)c2C3=O)C[C@H](OC(C)=O)[C@@]12CO2. The van der Waals surface area contributed by atoms with E-state index in [2.05, 4.69) is 0 Å². The predicted molar refractivity (Wildman–Crippen MR) is 144 cm³/mol. The van der Waals surface area contributed by atoms with E-state index in [1.54, 1.807) is 19.1 Å². The summed E-state index contributed by atoms with van der Waals surface area (Å²) in [6.45, 7) is 5.26. The number of methoxy groups -OCH3 is 1. The lowest BCUT2D eigenvalue weighted by Gasteiger charge is -2.51. The summed E-state index contributed by atoms with van der Waals surface area (Å²) in [7, 11) is 1.44. The Kier molecular flexibility index (Phi) is 7.24. The Hall–Kier alpha value is -3.19. The molecule has 3 fully saturated rings. The van der Waals surface area contributed by atoms with Gasteiger partial charge in [-0.2, -0.15) is 0 Å².